The lowest BCUT2D eigenvalue weighted by Gasteiger charge is -2.17. The zero-order chi connectivity index (χ0) is 14.5. The fraction of sp³-hybridized carbons (Fsp3) is 0.429. The van der Waals surface area contributed by atoms with E-state index in [2.05, 4.69) is 5.32 Å². The Morgan fingerprint density at radius 1 is 1.45 bits per heavy atom. The Hall–Kier alpha value is -1.95. The summed E-state index contributed by atoms with van der Waals surface area (Å²) in [5.41, 5.74) is 0.267. The number of ether oxygens (including phenoxy) is 1. The lowest BCUT2D eigenvalue weighted by molar-refractivity contribution is -0.142. The maximum atomic E-state index is 13.5. The average Bonchev–Trinajstić information content (AvgIpc) is 2.94. The molecule has 20 heavy (non-hydrogen) atoms. The summed E-state index contributed by atoms with van der Waals surface area (Å²) in [4.78, 5) is 23.1. The van der Waals surface area contributed by atoms with Crippen LogP contribution >= 0.6 is 0 Å². The molecular weight excluding hydrogens is 265 g/mol. The smallest absolute Gasteiger partial charge is 0.326 e. The van der Waals surface area contributed by atoms with Gasteiger partial charge in [0.25, 0.3) is 0 Å². The summed E-state index contributed by atoms with van der Waals surface area (Å²) in [5.74, 6) is -2.33. The maximum Gasteiger partial charge on any atom is 0.326 e. The second-order valence-corrected chi connectivity index (χ2v) is 4.76. The quantitative estimate of drug-likeness (QED) is 0.843. The molecule has 5 nitrogen and oxygen atoms in total. The Bertz CT molecular complexity index is 500. The van der Waals surface area contributed by atoms with Crippen LogP contribution in [0.5, 0.6) is 0 Å². The summed E-state index contributed by atoms with van der Waals surface area (Å²) in [7, 11) is 0. The first-order valence-corrected chi connectivity index (χ1v) is 6.42. The number of rotatable bonds is 5. The number of hydrogen-bond acceptors (Lipinski definition) is 3. The zero-order valence-corrected chi connectivity index (χ0v) is 10.8. The van der Waals surface area contributed by atoms with Crippen molar-refractivity contribution >= 4 is 11.9 Å². The highest BCUT2D eigenvalue weighted by Crippen LogP contribution is 2.14. The highest BCUT2D eigenvalue weighted by molar-refractivity contribution is 5.85. The maximum absolute atomic E-state index is 13.5. The number of amides is 1. The van der Waals surface area contributed by atoms with Crippen molar-refractivity contribution in [1.82, 2.24) is 5.32 Å². The lowest BCUT2D eigenvalue weighted by atomic mass is 10.0. The van der Waals surface area contributed by atoms with Crippen LogP contribution < -0.4 is 5.32 Å². The topological polar surface area (TPSA) is 75.6 Å². The van der Waals surface area contributed by atoms with Gasteiger partial charge in [-0.1, -0.05) is 18.2 Å². The molecule has 1 aliphatic rings. The number of halogens is 1. The third kappa shape index (κ3) is 3.54. The summed E-state index contributed by atoms with van der Waals surface area (Å²) < 4.78 is 18.6. The van der Waals surface area contributed by atoms with Crippen LogP contribution in [0.2, 0.25) is 0 Å². The van der Waals surface area contributed by atoms with Crippen molar-refractivity contribution in [2.45, 2.75) is 18.9 Å². The largest absolute Gasteiger partial charge is 0.480 e. The zero-order valence-electron chi connectivity index (χ0n) is 10.8. The summed E-state index contributed by atoms with van der Waals surface area (Å²) in [6.07, 6.45) is 0.499. The molecule has 2 rings (SSSR count). The van der Waals surface area contributed by atoms with Gasteiger partial charge < -0.3 is 15.2 Å². The van der Waals surface area contributed by atoms with Crippen molar-refractivity contribution in [2.24, 2.45) is 5.92 Å². The number of aliphatic carboxylic acids is 1. The van der Waals surface area contributed by atoms with Gasteiger partial charge in [0.1, 0.15) is 11.9 Å². The van der Waals surface area contributed by atoms with Crippen LogP contribution in [0.4, 0.5) is 4.39 Å². The SMILES string of the molecule is O=C(N[C@@H](Cc1ccccc1F)C(=O)O)[C@H]1CCOC1. The second-order valence-electron chi connectivity index (χ2n) is 4.76. The molecular formula is C14H16FNO4. The summed E-state index contributed by atoms with van der Waals surface area (Å²) in [6, 6.07) is 4.80. The van der Waals surface area contributed by atoms with E-state index in [4.69, 9.17) is 9.84 Å². The van der Waals surface area contributed by atoms with Gasteiger partial charge in [0.2, 0.25) is 5.91 Å². The van der Waals surface area contributed by atoms with E-state index in [0.29, 0.717) is 19.6 Å². The number of nitrogens with one attached hydrogen (secondary N) is 1. The van der Waals surface area contributed by atoms with E-state index in [1.807, 2.05) is 0 Å². The molecule has 1 amide bonds. The van der Waals surface area contributed by atoms with Crippen LogP contribution in [0.15, 0.2) is 24.3 Å². The van der Waals surface area contributed by atoms with Crippen LogP contribution in [0.25, 0.3) is 0 Å². The van der Waals surface area contributed by atoms with E-state index in [9.17, 15) is 14.0 Å². The minimum absolute atomic E-state index is 0.0820. The molecule has 1 aliphatic heterocycles. The Morgan fingerprint density at radius 2 is 2.20 bits per heavy atom. The molecule has 0 aromatic heterocycles. The highest BCUT2D eigenvalue weighted by Gasteiger charge is 2.28. The van der Waals surface area contributed by atoms with E-state index in [1.54, 1.807) is 6.07 Å². The van der Waals surface area contributed by atoms with Gasteiger partial charge in [0.05, 0.1) is 12.5 Å². The molecule has 2 atom stereocenters. The predicted molar refractivity (Wildman–Crippen MR) is 68.6 cm³/mol. The third-order valence-corrected chi connectivity index (χ3v) is 3.30. The first-order chi connectivity index (χ1) is 9.58. The first kappa shape index (κ1) is 14.5. The fourth-order valence-corrected chi connectivity index (χ4v) is 2.11. The van der Waals surface area contributed by atoms with Crippen molar-refractivity contribution in [2.75, 3.05) is 13.2 Å². The number of carboxylic acid groups (broad SMARTS) is 1. The molecule has 108 valence electrons. The lowest BCUT2D eigenvalue weighted by Crippen LogP contribution is -2.45. The predicted octanol–water partition coefficient (Wildman–Crippen LogP) is 0.974. The molecule has 2 N–H and O–H groups in total. The molecule has 0 radical (unpaired) electrons. The molecule has 0 spiro atoms. The molecule has 1 aromatic carbocycles. The number of carbonyl (C=O) groups is 2. The Morgan fingerprint density at radius 3 is 2.80 bits per heavy atom. The first-order valence-electron chi connectivity index (χ1n) is 6.42. The normalized spacial score (nSPS) is 19.6. The second kappa shape index (κ2) is 6.47. The molecule has 0 unspecified atom stereocenters. The van der Waals surface area contributed by atoms with Gasteiger partial charge in [-0.25, -0.2) is 9.18 Å². The Labute approximate surface area is 115 Å². The minimum Gasteiger partial charge on any atom is -0.480 e. The monoisotopic (exact) mass is 281 g/mol. The summed E-state index contributed by atoms with van der Waals surface area (Å²) in [6.45, 7) is 0.807. The molecule has 1 heterocycles. The van der Waals surface area contributed by atoms with Gasteiger partial charge in [-0.15, -0.1) is 0 Å². The molecule has 1 saturated heterocycles. The van der Waals surface area contributed by atoms with E-state index in [-0.39, 0.29) is 23.8 Å². The Kier molecular flexibility index (Phi) is 4.68. The number of hydrogen-bond donors (Lipinski definition) is 2. The van der Waals surface area contributed by atoms with Crippen molar-refractivity contribution in [3.8, 4) is 0 Å². The van der Waals surface area contributed by atoms with Crippen LogP contribution in [-0.4, -0.2) is 36.2 Å². The van der Waals surface area contributed by atoms with Crippen molar-refractivity contribution in [3.63, 3.8) is 0 Å². The van der Waals surface area contributed by atoms with Gasteiger partial charge in [-0.3, -0.25) is 4.79 Å². The standard InChI is InChI=1S/C14H16FNO4/c15-11-4-2-1-3-9(11)7-12(14(18)19)16-13(17)10-5-6-20-8-10/h1-4,10,12H,5-8H2,(H,16,17)(H,18,19)/t10-,12-/m0/s1. The number of benzene rings is 1. The third-order valence-electron chi connectivity index (χ3n) is 3.30. The number of carboxylic acids is 1. The van der Waals surface area contributed by atoms with Crippen molar-refractivity contribution in [1.29, 1.82) is 0 Å². The van der Waals surface area contributed by atoms with Crippen LogP contribution in [-0.2, 0) is 20.7 Å². The van der Waals surface area contributed by atoms with E-state index in [0.717, 1.165) is 0 Å². The van der Waals surface area contributed by atoms with Gasteiger partial charge in [0.15, 0.2) is 0 Å². The summed E-state index contributed by atoms with van der Waals surface area (Å²) in [5, 5.41) is 11.6. The molecule has 0 aliphatic carbocycles. The van der Waals surface area contributed by atoms with Gasteiger partial charge >= 0.3 is 5.97 Å². The minimum atomic E-state index is -1.18. The van der Waals surface area contributed by atoms with Crippen LogP contribution in [0.3, 0.4) is 0 Å². The number of carbonyl (C=O) groups excluding carboxylic acids is 1. The highest BCUT2D eigenvalue weighted by atomic mass is 19.1. The van der Waals surface area contributed by atoms with Crippen molar-refractivity contribution < 1.29 is 23.8 Å². The van der Waals surface area contributed by atoms with Gasteiger partial charge in [0, 0.05) is 13.0 Å². The van der Waals surface area contributed by atoms with E-state index >= 15 is 0 Å². The van der Waals surface area contributed by atoms with E-state index < -0.39 is 17.8 Å². The molecule has 6 heteroatoms. The van der Waals surface area contributed by atoms with Crippen molar-refractivity contribution in [3.05, 3.63) is 35.6 Å². The van der Waals surface area contributed by atoms with Crippen LogP contribution in [0, 0.1) is 11.7 Å². The van der Waals surface area contributed by atoms with Crippen LogP contribution in [0.1, 0.15) is 12.0 Å². The molecule has 1 fully saturated rings. The van der Waals surface area contributed by atoms with Gasteiger partial charge in [-0.05, 0) is 18.1 Å². The van der Waals surface area contributed by atoms with Gasteiger partial charge in [-0.2, -0.15) is 0 Å². The van der Waals surface area contributed by atoms with E-state index in [1.165, 1.54) is 18.2 Å². The molecule has 0 saturated carbocycles. The fourth-order valence-electron chi connectivity index (χ4n) is 2.11. The summed E-state index contributed by atoms with van der Waals surface area (Å²) >= 11 is 0. The molecule has 0 bridgehead atoms. The molecule has 1 aromatic rings. The Balaban J connectivity index is 2.02. The average molecular weight is 281 g/mol.